The van der Waals surface area contributed by atoms with Crippen molar-refractivity contribution in [1.82, 2.24) is 0 Å². The van der Waals surface area contributed by atoms with E-state index in [1.807, 2.05) is 54.6 Å². The van der Waals surface area contributed by atoms with E-state index in [4.69, 9.17) is 18.9 Å². The van der Waals surface area contributed by atoms with Crippen molar-refractivity contribution >= 4 is 11.8 Å². The summed E-state index contributed by atoms with van der Waals surface area (Å²) in [5.74, 6) is 0. The van der Waals surface area contributed by atoms with E-state index in [-0.39, 0.29) is 24.6 Å². The Hall–Kier alpha value is -2.41. The van der Waals surface area contributed by atoms with Gasteiger partial charge in [0.1, 0.15) is 6.10 Å². The molecule has 5 heteroatoms. The van der Waals surface area contributed by atoms with Crippen LogP contribution in [-0.4, -0.2) is 31.7 Å². The highest BCUT2D eigenvalue weighted by atomic mass is 32.2. The molecule has 1 heterocycles. The largest absolute Gasteiger partial charge is 0.371 e. The van der Waals surface area contributed by atoms with Crippen LogP contribution in [0.5, 0.6) is 0 Å². The van der Waals surface area contributed by atoms with Gasteiger partial charge in [-0.1, -0.05) is 97.2 Å². The summed E-state index contributed by atoms with van der Waals surface area (Å²) in [5, 5.41) is 0. The first-order valence-corrected chi connectivity index (χ1v) is 12.9. The molecule has 0 bridgehead atoms. The molecular formula is C30H34O4S. The summed E-state index contributed by atoms with van der Waals surface area (Å²) in [6.07, 6.45) is 1.38. The van der Waals surface area contributed by atoms with E-state index in [1.54, 1.807) is 18.9 Å². The minimum absolute atomic E-state index is 0.141. The zero-order valence-corrected chi connectivity index (χ0v) is 21.1. The first-order chi connectivity index (χ1) is 17.2. The Bertz CT molecular complexity index is 1010. The summed E-state index contributed by atoms with van der Waals surface area (Å²) in [5.41, 5.74) is 2.27. The van der Waals surface area contributed by atoms with Crippen molar-refractivity contribution in [2.45, 2.75) is 62.0 Å². The van der Waals surface area contributed by atoms with Gasteiger partial charge in [-0.2, -0.15) is 0 Å². The molecule has 0 saturated carbocycles. The molecule has 0 spiro atoms. The number of ether oxygens (including phenoxy) is 4. The van der Waals surface area contributed by atoms with Crippen molar-refractivity contribution in [2.75, 3.05) is 7.11 Å². The van der Waals surface area contributed by atoms with Gasteiger partial charge in [0, 0.05) is 18.4 Å². The van der Waals surface area contributed by atoms with Crippen molar-refractivity contribution in [3.05, 3.63) is 114 Å². The van der Waals surface area contributed by atoms with Crippen LogP contribution in [0.2, 0.25) is 0 Å². The van der Waals surface area contributed by atoms with Gasteiger partial charge in [-0.25, -0.2) is 0 Å². The topological polar surface area (TPSA) is 36.9 Å². The minimum Gasteiger partial charge on any atom is -0.371 e. The third-order valence-electron chi connectivity index (χ3n) is 6.05. The summed E-state index contributed by atoms with van der Waals surface area (Å²) >= 11 is 1.71. The Morgan fingerprint density at radius 3 is 2.03 bits per heavy atom. The molecule has 184 valence electrons. The van der Waals surface area contributed by atoms with Crippen LogP contribution in [0.25, 0.3) is 0 Å². The number of rotatable bonds is 12. The second kappa shape index (κ2) is 13.6. The second-order valence-corrected chi connectivity index (χ2v) is 9.92. The molecule has 0 N–H and O–H groups in total. The fraction of sp³-hybridized carbons (Fsp3) is 0.333. The Labute approximate surface area is 213 Å². The molecule has 1 aliphatic rings. The molecule has 1 aliphatic heterocycles. The molecule has 3 aromatic rings. The number of methoxy groups -OCH3 is 1. The van der Waals surface area contributed by atoms with Crippen molar-refractivity contribution in [3.63, 3.8) is 0 Å². The van der Waals surface area contributed by atoms with Crippen LogP contribution >= 0.6 is 11.8 Å². The average Bonchev–Trinajstić information content (AvgIpc) is 2.91. The van der Waals surface area contributed by atoms with Gasteiger partial charge in [-0.05, 0) is 41.0 Å². The van der Waals surface area contributed by atoms with Crippen molar-refractivity contribution < 1.29 is 18.9 Å². The fourth-order valence-corrected chi connectivity index (χ4v) is 5.05. The van der Waals surface area contributed by atoms with Gasteiger partial charge in [0.25, 0.3) is 0 Å². The van der Waals surface area contributed by atoms with Gasteiger partial charge in [0.2, 0.25) is 0 Å². The van der Waals surface area contributed by atoms with Gasteiger partial charge < -0.3 is 18.9 Å². The number of benzene rings is 3. The number of hydrogen-bond donors (Lipinski definition) is 0. The maximum atomic E-state index is 6.48. The Morgan fingerprint density at radius 1 is 0.857 bits per heavy atom. The first kappa shape index (κ1) is 25.7. The lowest BCUT2D eigenvalue weighted by Crippen LogP contribution is -2.51. The molecule has 1 fully saturated rings. The van der Waals surface area contributed by atoms with Crippen molar-refractivity contribution in [2.24, 2.45) is 0 Å². The normalized spacial score (nSPS) is 22.1. The quantitative estimate of drug-likeness (QED) is 0.255. The van der Waals surface area contributed by atoms with Gasteiger partial charge >= 0.3 is 0 Å². The summed E-state index contributed by atoms with van der Waals surface area (Å²) in [6.45, 7) is 5.32. The van der Waals surface area contributed by atoms with Gasteiger partial charge in [-0.3, -0.25) is 0 Å². The number of hydrogen-bond acceptors (Lipinski definition) is 5. The van der Waals surface area contributed by atoms with E-state index in [2.05, 4.69) is 43.0 Å². The lowest BCUT2D eigenvalue weighted by molar-refractivity contribution is -0.264. The highest BCUT2D eigenvalue weighted by molar-refractivity contribution is 8.03. The highest BCUT2D eigenvalue weighted by Gasteiger charge is 2.40. The third kappa shape index (κ3) is 8.06. The van der Waals surface area contributed by atoms with Crippen LogP contribution in [0.1, 0.15) is 30.4 Å². The van der Waals surface area contributed by atoms with Gasteiger partial charge in [0.05, 0.1) is 25.4 Å². The Morgan fingerprint density at radius 2 is 1.43 bits per heavy atom. The Kier molecular flexibility index (Phi) is 9.99. The summed E-state index contributed by atoms with van der Waals surface area (Å²) < 4.78 is 24.9. The van der Waals surface area contributed by atoms with Crippen molar-refractivity contribution in [3.8, 4) is 0 Å². The SMILES string of the molecule is C=C(CC[C@H]1O[C@H](OC)C[C@@H](OCc2ccccc2)[C@@H]1OCc1ccccc1)Sc1ccccc1. The molecule has 0 aromatic heterocycles. The molecule has 3 aromatic carbocycles. The molecule has 4 atom stereocenters. The van der Waals surface area contributed by atoms with E-state index in [1.165, 1.54) is 4.90 Å². The molecule has 0 amide bonds. The van der Waals surface area contributed by atoms with E-state index in [0.29, 0.717) is 19.6 Å². The van der Waals surface area contributed by atoms with Crippen LogP contribution in [0, 0.1) is 0 Å². The van der Waals surface area contributed by atoms with Crippen LogP contribution in [0.3, 0.4) is 0 Å². The lowest BCUT2D eigenvalue weighted by Gasteiger charge is -2.41. The Balaban J connectivity index is 1.44. The van der Waals surface area contributed by atoms with E-state index in [0.717, 1.165) is 28.9 Å². The summed E-state index contributed by atoms with van der Waals surface area (Å²) in [4.78, 5) is 2.29. The fourth-order valence-electron chi connectivity index (χ4n) is 4.21. The molecule has 4 rings (SSSR count). The molecule has 4 nitrogen and oxygen atoms in total. The molecule has 0 aliphatic carbocycles. The van der Waals surface area contributed by atoms with E-state index >= 15 is 0 Å². The van der Waals surface area contributed by atoms with Crippen LogP contribution in [-0.2, 0) is 32.2 Å². The number of thioether (sulfide) groups is 1. The van der Waals surface area contributed by atoms with E-state index < -0.39 is 0 Å². The monoisotopic (exact) mass is 490 g/mol. The van der Waals surface area contributed by atoms with Crippen LogP contribution in [0.15, 0.2) is 107 Å². The predicted octanol–water partition coefficient (Wildman–Crippen LogP) is 7.00. The lowest BCUT2D eigenvalue weighted by atomic mass is 9.97. The molecule has 0 radical (unpaired) electrons. The minimum atomic E-state index is -0.326. The molecule has 35 heavy (non-hydrogen) atoms. The third-order valence-corrected chi connectivity index (χ3v) is 7.05. The van der Waals surface area contributed by atoms with Crippen LogP contribution in [0.4, 0.5) is 0 Å². The predicted molar refractivity (Wildman–Crippen MR) is 141 cm³/mol. The molecule has 1 saturated heterocycles. The molecular weight excluding hydrogens is 456 g/mol. The first-order valence-electron chi connectivity index (χ1n) is 12.1. The smallest absolute Gasteiger partial charge is 0.160 e. The zero-order valence-electron chi connectivity index (χ0n) is 20.3. The standard InChI is InChI=1S/C30H34O4S/c1-23(35-26-16-10-5-11-17-26)18-19-27-30(33-22-25-14-8-4-9-15-25)28(20-29(31-2)34-27)32-21-24-12-6-3-7-13-24/h3-17,27-30H,1,18-22H2,2H3/t27-,28-,29+,30-/m1/s1. The number of allylic oxidation sites excluding steroid dienone is 1. The maximum absolute atomic E-state index is 6.48. The maximum Gasteiger partial charge on any atom is 0.160 e. The molecule has 0 unspecified atom stereocenters. The summed E-state index contributed by atoms with van der Waals surface area (Å²) in [7, 11) is 1.69. The highest BCUT2D eigenvalue weighted by Crippen LogP contribution is 2.33. The van der Waals surface area contributed by atoms with Crippen LogP contribution < -0.4 is 0 Å². The van der Waals surface area contributed by atoms with Crippen molar-refractivity contribution in [1.29, 1.82) is 0 Å². The zero-order chi connectivity index (χ0) is 24.3. The van der Waals surface area contributed by atoms with Gasteiger partial charge in [-0.15, -0.1) is 0 Å². The van der Waals surface area contributed by atoms with Gasteiger partial charge in [0.15, 0.2) is 6.29 Å². The average molecular weight is 491 g/mol. The summed E-state index contributed by atoms with van der Waals surface area (Å²) in [6, 6.07) is 30.8. The second-order valence-electron chi connectivity index (χ2n) is 8.66. The van der Waals surface area contributed by atoms with E-state index in [9.17, 15) is 0 Å².